The SMILES string of the molecule is N#CC(CN1CCc2ccccc2C1)c1ccccc1. The molecule has 2 aromatic carbocycles. The van der Waals surface area contributed by atoms with Crippen molar-refractivity contribution in [2.45, 2.75) is 18.9 Å². The minimum atomic E-state index is -0.0403. The largest absolute Gasteiger partial charge is 0.297 e. The maximum Gasteiger partial charge on any atom is 0.0839 e. The number of hydrogen-bond donors (Lipinski definition) is 0. The molecule has 0 N–H and O–H groups in total. The first-order chi connectivity index (χ1) is 9.86. The molecule has 0 saturated carbocycles. The van der Waals surface area contributed by atoms with Gasteiger partial charge in [-0.05, 0) is 23.1 Å². The molecule has 1 atom stereocenters. The Bertz CT molecular complexity index is 613. The van der Waals surface area contributed by atoms with Crippen LogP contribution in [-0.2, 0) is 13.0 Å². The summed E-state index contributed by atoms with van der Waals surface area (Å²) in [4.78, 5) is 2.39. The van der Waals surface area contributed by atoms with Crippen LogP contribution in [0.5, 0.6) is 0 Å². The van der Waals surface area contributed by atoms with Crippen molar-refractivity contribution in [1.82, 2.24) is 4.90 Å². The summed E-state index contributed by atoms with van der Waals surface area (Å²) in [5.74, 6) is -0.0403. The van der Waals surface area contributed by atoms with Gasteiger partial charge in [0.25, 0.3) is 0 Å². The van der Waals surface area contributed by atoms with E-state index < -0.39 is 0 Å². The Morgan fingerprint density at radius 2 is 1.70 bits per heavy atom. The molecule has 0 spiro atoms. The van der Waals surface area contributed by atoms with Crippen LogP contribution in [0.25, 0.3) is 0 Å². The molecule has 2 heteroatoms. The third kappa shape index (κ3) is 2.74. The molecular weight excluding hydrogens is 244 g/mol. The lowest BCUT2D eigenvalue weighted by atomic mass is 9.96. The van der Waals surface area contributed by atoms with Gasteiger partial charge in [-0.3, -0.25) is 4.90 Å². The Hall–Kier alpha value is -2.11. The summed E-state index contributed by atoms with van der Waals surface area (Å²) >= 11 is 0. The zero-order valence-corrected chi connectivity index (χ0v) is 11.5. The standard InChI is InChI=1S/C18H18N2/c19-12-18(15-6-2-1-3-7-15)14-20-11-10-16-8-4-5-9-17(16)13-20/h1-9,18H,10-11,13-14H2. The Morgan fingerprint density at radius 3 is 2.45 bits per heavy atom. The average Bonchev–Trinajstić information content (AvgIpc) is 2.53. The molecule has 100 valence electrons. The number of rotatable bonds is 3. The van der Waals surface area contributed by atoms with Crippen LogP contribution in [-0.4, -0.2) is 18.0 Å². The molecule has 3 rings (SSSR count). The molecule has 1 aliphatic heterocycles. The van der Waals surface area contributed by atoms with Gasteiger partial charge < -0.3 is 0 Å². The summed E-state index contributed by atoms with van der Waals surface area (Å²) in [5.41, 5.74) is 3.98. The first kappa shape index (κ1) is 12.9. The molecule has 0 fully saturated rings. The Kier molecular flexibility index (Phi) is 3.80. The van der Waals surface area contributed by atoms with Crippen LogP contribution in [0.1, 0.15) is 22.6 Å². The molecule has 2 aromatic rings. The maximum absolute atomic E-state index is 9.43. The number of fused-ring (bicyclic) bond motifs is 1. The summed E-state index contributed by atoms with van der Waals surface area (Å²) in [7, 11) is 0. The molecule has 0 saturated heterocycles. The Balaban J connectivity index is 1.71. The third-order valence-electron chi connectivity index (χ3n) is 4.01. The monoisotopic (exact) mass is 262 g/mol. The summed E-state index contributed by atoms with van der Waals surface area (Å²) in [5, 5.41) is 9.43. The minimum Gasteiger partial charge on any atom is -0.297 e. The van der Waals surface area contributed by atoms with E-state index in [4.69, 9.17) is 0 Å². The molecule has 0 amide bonds. The molecule has 1 heterocycles. The lowest BCUT2D eigenvalue weighted by Gasteiger charge is -2.30. The maximum atomic E-state index is 9.43. The normalized spacial score (nSPS) is 16.1. The van der Waals surface area contributed by atoms with Gasteiger partial charge in [-0.1, -0.05) is 54.6 Å². The van der Waals surface area contributed by atoms with E-state index in [0.29, 0.717) is 0 Å². The highest BCUT2D eigenvalue weighted by Crippen LogP contribution is 2.22. The molecule has 0 bridgehead atoms. The van der Waals surface area contributed by atoms with Crippen molar-refractivity contribution in [2.24, 2.45) is 0 Å². The molecule has 1 unspecified atom stereocenters. The molecule has 0 radical (unpaired) electrons. The van der Waals surface area contributed by atoms with Gasteiger partial charge in [-0.15, -0.1) is 0 Å². The van der Waals surface area contributed by atoms with Crippen molar-refractivity contribution in [3.8, 4) is 6.07 Å². The highest BCUT2D eigenvalue weighted by atomic mass is 15.1. The Labute approximate surface area is 120 Å². The van der Waals surface area contributed by atoms with Crippen molar-refractivity contribution in [2.75, 3.05) is 13.1 Å². The van der Waals surface area contributed by atoms with Gasteiger partial charge in [-0.25, -0.2) is 0 Å². The summed E-state index contributed by atoms with van der Waals surface area (Å²) in [6, 6.07) is 21.2. The number of nitrogens with zero attached hydrogens (tertiary/aromatic N) is 2. The first-order valence-electron chi connectivity index (χ1n) is 7.10. The lowest BCUT2D eigenvalue weighted by molar-refractivity contribution is 0.249. The molecule has 1 aliphatic rings. The van der Waals surface area contributed by atoms with Gasteiger partial charge in [0.1, 0.15) is 0 Å². The second-order valence-corrected chi connectivity index (χ2v) is 5.35. The van der Waals surface area contributed by atoms with E-state index in [9.17, 15) is 5.26 Å². The van der Waals surface area contributed by atoms with Crippen molar-refractivity contribution >= 4 is 0 Å². The van der Waals surface area contributed by atoms with Gasteiger partial charge in [-0.2, -0.15) is 5.26 Å². The van der Waals surface area contributed by atoms with E-state index in [-0.39, 0.29) is 5.92 Å². The van der Waals surface area contributed by atoms with Crippen LogP contribution in [0.15, 0.2) is 54.6 Å². The second kappa shape index (κ2) is 5.90. The van der Waals surface area contributed by atoms with E-state index in [2.05, 4.69) is 35.2 Å². The third-order valence-corrected chi connectivity index (χ3v) is 4.01. The fraction of sp³-hybridized carbons (Fsp3) is 0.278. The van der Waals surface area contributed by atoms with Crippen LogP contribution in [0, 0.1) is 11.3 Å². The number of nitriles is 1. The van der Waals surface area contributed by atoms with Crippen molar-refractivity contribution in [1.29, 1.82) is 5.26 Å². The van der Waals surface area contributed by atoms with E-state index in [1.54, 1.807) is 0 Å². The van der Waals surface area contributed by atoms with Crippen LogP contribution < -0.4 is 0 Å². The van der Waals surface area contributed by atoms with Crippen LogP contribution in [0.4, 0.5) is 0 Å². The number of benzene rings is 2. The summed E-state index contributed by atoms with van der Waals surface area (Å²) < 4.78 is 0. The second-order valence-electron chi connectivity index (χ2n) is 5.35. The van der Waals surface area contributed by atoms with Gasteiger partial charge in [0.05, 0.1) is 12.0 Å². The first-order valence-corrected chi connectivity index (χ1v) is 7.10. The fourth-order valence-corrected chi connectivity index (χ4v) is 2.87. The van der Waals surface area contributed by atoms with E-state index in [1.807, 2.05) is 30.3 Å². The topological polar surface area (TPSA) is 27.0 Å². The van der Waals surface area contributed by atoms with Gasteiger partial charge >= 0.3 is 0 Å². The smallest absolute Gasteiger partial charge is 0.0839 e. The van der Waals surface area contributed by atoms with E-state index >= 15 is 0 Å². The lowest BCUT2D eigenvalue weighted by Crippen LogP contribution is -2.33. The van der Waals surface area contributed by atoms with Gasteiger partial charge in [0.15, 0.2) is 0 Å². The van der Waals surface area contributed by atoms with Crippen LogP contribution >= 0.6 is 0 Å². The summed E-state index contributed by atoms with van der Waals surface area (Å²) in [6.07, 6.45) is 1.09. The minimum absolute atomic E-state index is 0.0403. The zero-order valence-electron chi connectivity index (χ0n) is 11.5. The Morgan fingerprint density at radius 1 is 1.00 bits per heavy atom. The molecule has 20 heavy (non-hydrogen) atoms. The number of hydrogen-bond acceptors (Lipinski definition) is 2. The average molecular weight is 262 g/mol. The summed E-state index contributed by atoms with van der Waals surface area (Å²) in [6.45, 7) is 2.82. The van der Waals surface area contributed by atoms with Crippen molar-refractivity contribution < 1.29 is 0 Å². The molecular formula is C18H18N2. The highest BCUT2D eigenvalue weighted by molar-refractivity contribution is 5.30. The predicted molar refractivity (Wildman–Crippen MR) is 80.2 cm³/mol. The van der Waals surface area contributed by atoms with Crippen molar-refractivity contribution in [3.05, 3.63) is 71.3 Å². The van der Waals surface area contributed by atoms with E-state index in [1.165, 1.54) is 11.1 Å². The highest BCUT2D eigenvalue weighted by Gasteiger charge is 2.20. The van der Waals surface area contributed by atoms with Crippen LogP contribution in [0.2, 0.25) is 0 Å². The van der Waals surface area contributed by atoms with E-state index in [0.717, 1.165) is 31.6 Å². The van der Waals surface area contributed by atoms with Crippen molar-refractivity contribution in [3.63, 3.8) is 0 Å². The van der Waals surface area contributed by atoms with Gasteiger partial charge in [0, 0.05) is 19.6 Å². The fourth-order valence-electron chi connectivity index (χ4n) is 2.87. The zero-order chi connectivity index (χ0) is 13.8. The van der Waals surface area contributed by atoms with Gasteiger partial charge in [0.2, 0.25) is 0 Å². The molecule has 2 nitrogen and oxygen atoms in total. The molecule has 0 aliphatic carbocycles. The van der Waals surface area contributed by atoms with Crippen LogP contribution in [0.3, 0.4) is 0 Å². The predicted octanol–water partition coefficient (Wildman–Crippen LogP) is 3.35. The molecule has 0 aromatic heterocycles. The quantitative estimate of drug-likeness (QED) is 0.848.